The van der Waals surface area contributed by atoms with Gasteiger partial charge in [-0.25, -0.2) is 4.39 Å². The van der Waals surface area contributed by atoms with Crippen molar-refractivity contribution in [1.29, 1.82) is 0 Å². The lowest BCUT2D eigenvalue weighted by Crippen LogP contribution is -2.52. The molecule has 0 aliphatic carbocycles. The fourth-order valence-corrected chi connectivity index (χ4v) is 4.16. The van der Waals surface area contributed by atoms with E-state index in [0.29, 0.717) is 24.3 Å². The standard InChI is InChI=1S/C31H37FN2O3/c1-5-19-33-30(36)27(20-23-13-7-6-8-14-23)34(21-24-15-9-11-17-26(24)32)29(35)22-37-28-18-12-10-16-25(28)31(2,3)4/h6-18,27H,5,19-22H2,1-4H3,(H,33,36)/t27-/m0/s1. The maximum Gasteiger partial charge on any atom is 0.261 e. The second-order valence-electron chi connectivity index (χ2n) is 10.1. The Morgan fingerprint density at radius 1 is 0.946 bits per heavy atom. The highest BCUT2D eigenvalue weighted by Crippen LogP contribution is 2.31. The summed E-state index contributed by atoms with van der Waals surface area (Å²) in [6.45, 7) is 8.37. The Morgan fingerprint density at radius 2 is 1.59 bits per heavy atom. The van der Waals surface area contributed by atoms with Crippen LogP contribution in [0.15, 0.2) is 78.9 Å². The molecule has 1 atom stereocenters. The molecule has 0 aliphatic heterocycles. The molecule has 37 heavy (non-hydrogen) atoms. The Kier molecular flexibility index (Phi) is 9.84. The van der Waals surface area contributed by atoms with Crippen molar-refractivity contribution >= 4 is 11.8 Å². The third-order valence-corrected chi connectivity index (χ3v) is 6.17. The number of halogens is 1. The largest absolute Gasteiger partial charge is 0.483 e. The third kappa shape index (κ3) is 7.91. The zero-order chi connectivity index (χ0) is 26.8. The predicted octanol–water partition coefficient (Wildman–Crippen LogP) is 5.67. The summed E-state index contributed by atoms with van der Waals surface area (Å²) in [5.74, 6) is -0.471. The highest BCUT2D eigenvalue weighted by Gasteiger charge is 2.31. The number of hydrogen-bond acceptors (Lipinski definition) is 3. The van der Waals surface area contributed by atoms with Crippen molar-refractivity contribution in [3.05, 3.63) is 101 Å². The fourth-order valence-electron chi connectivity index (χ4n) is 4.16. The number of rotatable bonds is 11. The van der Waals surface area contributed by atoms with Crippen LogP contribution in [0.2, 0.25) is 0 Å². The number of carbonyl (C=O) groups excluding carboxylic acids is 2. The lowest BCUT2D eigenvalue weighted by molar-refractivity contribution is -0.142. The molecule has 0 spiro atoms. The molecule has 1 N–H and O–H groups in total. The lowest BCUT2D eigenvalue weighted by atomic mass is 9.86. The van der Waals surface area contributed by atoms with Crippen molar-refractivity contribution in [1.82, 2.24) is 10.2 Å². The molecular formula is C31H37FN2O3. The number of amides is 2. The summed E-state index contributed by atoms with van der Waals surface area (Å²) in [7, 11) is 0. The Bertz CT molecular complexity index is 1170. The van der Waals surface area contributed by atoms with Gasteiger partial charge in [-0.15, -0.1) is 0 Å². The van der Waals surface area contributed by atoms with Crippen LogP contribution in [0.3, 0.4) is 0 Å². The van der Waals surface area contributed by atoms with Gasteiger partial charge in [-0.05, 0) is 35.1 Å². The van der Waals surface area contributed by atoms with Gasteiger partial charge in [-0.1, -0.05) is 94.4 Å². The van der Waals surface area contributed by atoms with E-state index in [4.69, 9.17) is 4.74 Å². The summed E-state index contributed by atoms with van der Waals surface area (Å²) in [6, 6.07) is 22.6. The van der Waals surface area contributed by atoms with Crippen LogP contribution in [-0.4, -0.2) is 35.9 Å². The first kappa shape index (κ1) is 27.9. The molecule has 5 nitrogen and oxygen atoms in total. The molecule has 0 bridgehead atoms. The number of para-hydroxylation sites is 1. The molecule has 2 amide bonds. The summed E-state index contributed by atoms with van der Waals surface area (Å²) < 4.78 is 20.7. The average Bonchev–Trinajstić information content (AvgIpc) is 2.89. The number of ether oxygens (including phenoxy) is 1. The maximum absolute atomic E-state index is 14.7. The lowest BCUT2D eigenvalue weighted by Gasteiger charge is -2.32. The van der Waals surface area contributed by atoms with Crippen LogP contribution < -0.4 is 10.1 Å². The van der Waals surface area contributed by atoms with E-state index in [-0.39, 0.29) is 30.4 Å². The Balaban J connectivity index is 1.94. The normalized spacial score (nSPS) is 12.0. The third-order valence-electron chi connectivity index (χ3n) is 6.17. The molecule has 0 aliphatic rings. The zero-order valence-electron chi connectivity index (χ0n) is 22.2. The Labute approximate surface area is 219 Å². The first-order valence-corrected chi connectivity index (χ1v) is 12.8. The van der Waals surface area contributed by atoms with Crippen molar-refractivity contribution in [3.63, 3.8) is 0 Å². The average molecular weight is 505 g/mol. The summed E-state index contributed by atoms with van der Waals surface area (Å²) in [4.78, 5) is 28.5. The molecule has 6 heteroatoms. The molecule has 196 valence electrons. The van der Waals surface area contributed by atoms with Crippen molar-refractivity contribution in [2.75, 3.05) is 13.2 Å². The van der Waals surface area contributed by atoms with Crippen LogP contribution in [-0.2, 0) is 28.0 Å². The monoisotopic (exact) mass is 504 g/mol. The topological polar surface area (TPSA) is 58.6 Å². The maximum atomic E-state index is 14.7. The van der Waals surface area contributed by atoms with Crippen molar-refractivity contribution in [3.8, 4) is 5.75 Å². The second-order valence-corrected chi connectivity index (χ2v) is 10.1. The molecule has 0 aromatic heterocycles. The molecule has 0 saturated heterocycles. The van der Waals surface area contributed by atoms with Gasteiger partial charge in [0.15, 0.2) is 6.61 Å². The first-order valence-electron chi connectivity index (χ1n) is 12.8. The van der Waals surface area contributed by atoms with Crippen LogP contribution in [0.1, 0.15) is 50.8 Å². The van der Waals surface area contributed by atoms with Crippen LogP contribution in [0.4, 0.5) is 4.39 Å². The smallest absolute Gasteiger partial charge is 0.261 e. The molecule has 0 saturated carbocycles. The van der Waals surface area contributed by atoms with E-state index in [1.807, 2.05) is 61.5 Å². The quantitative estimate of drug-likeness (QED) is 0.366. The summed E-state index contributed by atoms with van der Waals surface area (Å²) >= 11 is 0. The minimum absolute atomic E-state index is 0.0488. The van der Waals surface area contributed by atoms with E-state index in [1.165, 1.54) is 11.0 Å². The number of nitrogens with one attached hydrogen (secondary N) is 1. The Morgan fingerprint density at radius 3 is 2.27 bits per heavy atom. The molecule has 0 unspecified atom stereocenters. The first-order chi connectivity index (χ1) is 17.7. The Hall–Kier alpha value is -3.67. The van der Waals surface area contributed by atoms with Gasteiger partial charge in [0.2, 0.25) is 5.91 Å². The van der Waals surface area contributed by atoms with Gasteiger partial charge in [-0.2, -0.15) is 0 Å². The second kappa shape index (κ2) is 13.0. The van der Waals surface area contributed by atoms with Crippen LogP contribution in [0.5, 0.6) is 5.75 Å². The number of hydrogen-bond donors (Lipinski definition) is 1. The van der Waals surface area contributed by atoms with Gasteiger partial charge < -0.3 is 15.0 Å². The van der Waals surface area contributed by atoms with E-state index in [2.05, 4.69) is 26.1 Å². The van der Waals surface area contributed by atoms with Crippen LogP contribution in [0.25, 0.3) is 0 Å². The molecule has 3 aromatic rings. The van der Waals surface area contributed by atoms with Gasteiger partial charge in [0.05, 0.1) is 0 Å². The highest BCUT2D eigenvalue weighted by atomic mass is 19.1. The minimum Gasteiger partial charge on any atom is -0.483 e. The van der Waals surface area contributed by atoms with Crippen molar-refractivity contribution in [2.24, 2.45) is 0 Å². The van der Waals surface area contributed by atoms with Crippen LogP contribution >= 0.6 is 0 Å². The van der Waals surface area contributed by atoms with E-state index in [1.54, 1.807) is 18.2 Å². The summed E-state index contributed by atoms with van der Waals surface area (Å²) in [6.07, 6.45) is 1.06. The highest BCUT2D eigenvalue weighted by molar-refractivity contribution is 5.88. The van der Waals surface area contributed by atoms with Gasteiger partial charge in [0.1, 0.15) is 17.6 Å². The molecule has 0 fully saturated rings. The van der Waals surface area contributed by atoms with Crippen LogP contribution in [0, 0.1) is 5.82 Å². The van der Waals surface area contributed by atoms with Gasteiger partial charge in [0.25, 0.3) is 5.91 Å². The van der Waals surface area contributed by atoms with Gasteiger partial charge in [0, 0.05) is 25.1 Å². The molecule has 3 rings (SSSR count). The van der Waals surface area contributed by atoms with Crippen molar-refractivity contribution in [2.45, 2.75) is 58.5 Å². The van der Waals surface area contributed by atoms with Gasteiger partial charge >= 0.3 is 0 Å². The fraction of sp³-hybridized carbons (Fsp3) is 0.355. The molecule has 3 aromatic carbocycles. The number of carbonyl (C=O) groups is 2. The van der Waals surface area contributed by atoms with E-state index in [0.717, 1.165) is 17.5 Å². The summed E-state index contributed by atoms with van der Waals surface area (Å²) in [5, 5.41) is 2.92. The predicted molar refractivity (Wildman–Crippen MR) is 145 cm³/mol. The minimum atomic E-state index is -0.831. The van der Waals surface area contributed by atoms with Crippen molar-refractivity contribution < 1.29 is 18.7 Å². The SMILES string of the molecule is CCCNC(=O)[C@H](Cc1ccccc1)N(Cc1ccccc1F)C(=O)COc1ccccc1C(C)(C)C. The van der Waals surface area contributed by atoms with E-state index >= 15 is 0 Å². The van der Waals surface area contributed by atoms with E-state index in [9.17, 15) is 14.0 Å². The molecular weight excluding hydrogens is 467 g/mol. The molecule has 0 radical (unpaired) electrons. The van der Waals surface area contributed by atoms with Gasteiger partial charge in [-0.3, -0.25) is 9.59 Å². The summed E-state index contributed by atoms with van der Waals surface area (Å²) in [5.41, 5.74) is 2.05. The molecule has 0 heterocycles. The number of nitrogens with zero attached hydrogens (tertiary/aromatic N) is 1. The zero-order valence-corrected chi connectivity index (χ0v) is 22.2. The van der Waals surface area contributed by atoms with E-state index < -0.39 is 11.9 Å². The number of benzene rings is 3.